The summed E-state index contributed by atoms with van der Waals surface area (Å²) < 4.78 is 0. The number of nitrogens with zero attached hydrogens (tertiary/aromatic N) is 1. The van der Waals surface area contributed by atoms with Gasteiger partial charge in [-0.25, -0.2) is 0 Å². The maximum absolute atomic E-state index is 12.1. The maximum Gasteiger partial charge on any atom is 0.270 e. The van der Waals surface area contributed by atoms with Gasteiger partial charge in [0.2, 0.25) is 0 Å². The molecule has 0 aliphatic heterocycles. The highest BCUT2D eigenvalue weighted by Gasteiger charge is 2.25. The maximum atomic E-state index is 12.1. The van der Waals surface area contributed by atoms with Gasteiger partial charge < -0.3 is 15.7 Å². The van der Waals surface area contributed by atoms with E-state index in [-0.39, 0.29) is 11.9 Å². The molecule has 1 heterocycles. The first kappa shape index (κ1) is 13.8. The molecule has 5 heteroatoms. The van der Waals surface area contributed by atoms with Crippen molar-refractivity contribution in [2.75, 3.05) is 11.9 Å². The third kappa shape index (κ3) is 3.67. The fourth-order valence-corrected chi connectivity index (χ4v) is 2.39. The van der Waals surface area contributed by atoms with E-state index >= 15 is 0 Å². The van der Waals surface area contributed by atoms with Gasteiger partial charge in [0, 0.05) is 18.4 Å². The molecule has 2 unspecified atom stereocenters. The largest absolute Gasteiger partial charge is 0.391 e. The SMILES string of the molecule is CCNc1ccnc(C(=O)NC2CCCCC2O)c1. The van der Waals surface area contributed by atoms with Crippen molar-refractivity contribution in [2.24, 2.45) is 0 Å². The summed E-state index contributed by atoms with van der Waals surface area (Å²) in [5.41, 5.74) is 1.27. The Kier molecular flexibility index (Phi) is 4.74. The van der Waals surface area contributed by atoms with E-state index in [1.807, 2.05) is 13.0 Å². The zero-order valence-corrected chi connectivity index (χ0v) is 11.2. The van der Waals surface area contributed by atoms with Gasteiger partial charge in [0.05, 0.1) is 12.1 Å². The number of rotatable bonds is 4. The molecule has 1 aromatic heterocycles. The molecule has 0 bridgehead atoms. The van der Waals surface area contributed by atoms with Crippen LogP contribution in [0.2, 0.25) is 0 Å². The van der Waals surface area contributed by atoms with E-state index < -0.39 is 6.10 Å². The summed E-state index contributed by atoms with van der Waals surface area (Å²) in [4.78, 5) is 16.2. The van der Waals surface area contributed by atoms with Crippen molar-refractivity contribution in [3.05, 3.63) is 24.0 Å². The highest BCUT2D eigenvalue weighted by atomic mass is 16.3. The Hall–Kier alpha value is -1.62. The van der Waals surface area contributed by atoms with Gasteiger partial charge in [-0.2, -0.15) is 0 Å². The molecule has 3 N–H and O–H groups in total. The van der Waals surface area contributed by atoms with Crippen LogP contribution in [0.4, 0.5) is 5.69 Å². The van der Waals surface area contributed by atoms with Gasteiger partial charge in [0.25, 0.3) is 5.91 Å². The van der Waals surface area contributed by atoms with E-state index in [1.165, 1.54) is 0 Å². The Bertz CT molecular complexity index is 436. The van der Waals surface area contributed by atoms with Crippen molar-refractivity contribution in [3.8, 4) is 0 Å². The van der Waals surface area contributed by atoms with E-state index in [4.69, 9.17) is 0 Å². The van der Waals surface area contributed by atoms with Gasteiger partial charge in [-0.05, 0) is 31.9 Å². The lowest BCUT2D eigenvalue weighted by Gasteiger charge is -2.28. The van der Waals surface area contributed by atoms with Crippen molar-refractivity contribution >= 4 is 11.6 Å². The van der Waals surface area contributed by atoms with Crippen LogP contribution in [0, 0.1) is 0 Å². The van der Waals surface area contributed by atoms with E-state index in [1.54, 1.807) is 12.3 Å². The van der Waals surface area contributed by atoms with Gasteiger partial charge in [0.15, 0.2) is 0 Å². The number of aromatic nitrogens is 1. The number of anilines is 1. The van der Waals surface area contributed by atoms with Crippen LogP contribution in [0.15, 0.2) is 18.3 Å². The predicted octanol–water partition coefficient (Wildman–Crippen LogP) is 1.55. The molecule has 0 aromatic carbocycles. The highest BCUT2D eigenvalue weighted by Crippen LogP contribution is 2.18. The molecular weight excluding hydrogens is 242 g/mol. The van der Waals surface area contributed by atoms with Crippen LogP contribution in [0.1, 0.15) is 43.1 Å². The van der Waals surface area contributed by atoms with Gasteiger partial charge >= 0.3 is 0 Å². The second-order valence-electron chi connectivity index (χ2n) is 4.89. The lowest BCUT2D eigenvalue weighted by atomic mass is 9.92. The normalized spacial score (nSPS) is 22.8. The third-order valence-corrected chi connectivity index (χ3v) is 3.42. The average Bonchev–Trinajstić information content (AvgIpc) is 2.42. The van der Waals surface area contributed by atoms with Crippen molar-refractivity contribution in [2.45, 2.75) is 44.8 Å². The summed E-state index contributed by atoms with van der Waals surface area (Å²) in [5.74, 6) is -0.217. The third-order valence-electron chi connectivity index (χ3n) is 3.42. The lowest BCUT2D eigenvalue weighted by molar-refractivity contribution is 0.0714. The van der Waals surface area contributed by atoms with E-state index in [9.17, 15) is 9.90 Å². The molecule has 19 heavy (non-hydrogen) atoms. The Labute approximate surface area is 113 Å². The summed E-state index contributed by atoms with van der Waals surface area (Å²) in [6.45, 7) is 2.80. The van der Waals surface area contributed by atoms with Gasteiger partial charge in [0.1, 0.15) is 5.69 Å². The van der Waals surface area contributed by atoms with Crippen LogP contribution in [0.5, 0.6) is 0 Å². The molecule has 1 aliphatic carbocycles. The molecule has 2 rings (SSSR count). The fraction of sp³-hybridized carbons (Fsp3) is 0.571. The molecule has 2 atom stereocenters. The smallest absolute Gasteiger partial charge is 0.270 e. The molecule has 5 nitrogen and oxygen atoms in total. The predicted molar refractivity (Wildman–Crippen MR) is 74.1 cm³/mol. The van der Waals surface area contributed by atoms with Crippen LogP contribution >= 0.6 is 0 Å². The monoisotopic (exact) mass is 263 g/mol. The average molecular weight is 263 g/mol. The zero-order valence-electron chi connectivity index (χ0n) is 11.2. The minimum Gasteiger partial charge on any atom is -0.391 e. The molecule has 1 fully saturated rings. The van der Waals surface area contributed by atoms with Crippen molar-refractivity contribution in [3.63, 3.8) is 0 Å². The first-order valence-corrected chi connectivity index (χ1v) is 6.89. The van der Waals surface area contributed by atoms with Crippen LogP contribution in [0.25, 0.3) is 0 Å². The summed E-state index contributed by atoms with van der Waals surface area (Å²) in [5, 5.41) is 15.9. The molecule has 0 saturated heterocycles. The second kappa shape index (κ2) is 6.52. The number of pyridine rings is 1. The van der Waals surface area contributed by atoms with Gasteiger partial charge in [-0.1, -0.05) is 12.8 Å². The topological polar surface area (TPSA) is 74.2 Å². The van der Waals surface area contributed by atoms with Crippen LogP contribution in [-0.2, 0) is 0 Å². The summed E-state index contributed by atoms with van der Waals surface area (Å²) in [7, 11) is 0. The Morgan fingerprint density at radius 2 is 2.26 bits per heavy atom. The first-order chi connectivity index (χ1) is 9.20. The molecule has 0 spiro atoms. The van der Waals surface area contributed by atoms with Crippen LogP contribution in [0.3, 0.4) is 0 Å². The number of aliphatic hydroxyl groups is 1. The first-order valence-electron chi connectivity index (χ1n) is 6.89. The number of carbonyl (C=O) groups excluding carboxylic acids is 1. The fourth-order valence-electron chi connectivity index (χ4n) is 2.39. The number of hydrogen-bond acceptors (Lipinski definition) is 4. The number of hydrogen-bond donors (Lipinski definition) is 3. The summed E-state index contributed by atoms with van der Waals surface area (Å²) in [6.07, 6.45) is 4.85. The number of carbonyl (C=O) groups is 1. The molecule has 1 saturated carbocycles. The second-order valence-corrected chi connectivity index (χ2v) is 4.89. The standard InChI is InChI=1S/C14H21N3O2/c1-2-15-10-7-8-16-12(9-10)14(19)17-11-5-3-4-6-13(11)18/h7-9,11,13,18H,2-6H2,1H3,(H,15,16)(H,17,19). The molecule has 1 aliphatic rings. The molecule has 104 valence electrons. The number of aliphatic hydroxyl groups excluding tert-OH is 1. The number of amides is 1. The zero-order chi connectivity index (χ0) is 13.7. The quantitative estimate of drug-likeness (QED) is 0.770. The lowest BCUT2D eigenvalue weighted by Crippen LogP contribution is -2.45. The van der Waals surface area contributed by atoms with E-state index in [0.717, 1.165) is 37.9 Å². The molecule has 0 radical (unpaired) electrons. The van der Waals surface area contributed by atoms with Crippen molar-refractivity contribution < 1.29 is 9.90 Å². The van der Waals surface area contributed by atoms with Crippen LogP contribution < -0.4 is 10.6 Å². The van der Waals surface area contributed by atoms with Crippen molar-refractivity contribution in [1.29, 1.82) is 0 Å². The summed E-state index contributed by atoms with van der Waals surface area (Å²) in [6, 6.07) is 3.41. The van der Waals surface area contributed by atoms with Crippen LogP contribution in [-0.4, -0.2) is 34.7 Å². The Morgan fingerprint density at radius 1 is 1.47 bits per heavy atom. The highest BCUT2D eigenvalue weighted by molar-refractivity contribution is 5.93. The van der Waals surface area contributed by atoms with Crippen molar-refractivity contribution in [1.82, 2.24) is 10.3 Å². The number of nitrogens with one attached hydrogen (secondary N) is 2. The molecule has 1 aromatic rings. The minimum absolute atomic E-state index is 0.147. The summed E-state index contributed by atoms with van der Waals surface area (Å²) >= 11 is 0. The van der Waals surface area contributed by atoms with Gasteiger partial charge in [-0.3, -0.25) is 9.78 Å². The molecular formula is C14H21N3O2. The Morgan fingerprint density at radius 3 is 3.00 bits per heavy atom. The van der Waals surface area contributed by atoms with E-state index in [2.05, 4.69) is 15.6 Å². The van der Waals surface area contributed by atoms with Gasteiger partial charge in [-0.15, -0.1) is 0 Å². The van der Waals surface area contributed by atoms with E-state index in [0.29, 0.717) is 5.69 Å². The molecule has 1 amide bonds. The minimum atomic E-state index is -0.436. The Balaban J connectivity index is 2.00.